The van der Waals surface area contributed by atoms with E-state index in [1.165, 1.54) is 29.8 Å². The van der Waals surface area contributed by atoms with Gasteiger partial charge in [-0.15, -0.1) is 0 Å². The number of nitrogens with one attached hydrogen (secondary N) is 1. The number of rotatable bonds is 8. The second-order valence-corrected chi connectivity index (χ2v) is 7.05. The van der Waals surface area contributed by atoms with Gasteiger partial charge in [0.15, 0.2) is 0 Å². The molecule has 0 spiro atoms. The van der Waals surface area contributed by atoms with E-state index in [4.69, 9.17) is 5.10 Å². The van der Waals surface area contributed by atoms with Gasteiger partial charge in [-0.25, -0.2) is 0 Å². The molecule has 0 aromatic carbocycles. The zero-order valence-electron chi connectivity index (χ0n) is 15.2. The minimum absolute atomic E-state index is 0.146. The van der Waals surface area contributed by atoms with Gasteiger partial charge in [-0.05, 0) is 39.5 Å². The Morgan fingerprint density at radius 1 is 1.05 bits per heavy atom. The molecule has 1 N–H and O–H groups in total. The highest BCUT2D eigenvalue weighted by atomic mass is 15.3. The van der Waals surface area contributed by atoms with Crippen LogP contribution in [0.4, 0.5) is 0 Å². The summed E-state index contributed by atoms with van der Waals surface area (Å²) < 4.78 is 2.29. The van der Waals surface area contributed by atoms with Crippen molar-refractivity contribution in [3.63, 3.8) is 0 Å². The van der Waals surface area contributed by atoms with E-state index in [1.54, 1.807) is 0 Å². The summed E-state index contributed by atoms with van der Waals surface area (Å²) >= 11 is 0. The SMILES string of the molecule is CCc1nn(CC(CC)CC)c(CC)c1CNC(C)(C)C. The van der Waals surface area contributed by atoms with Crippen LogP contribution in [0.15, 0.2) is 0 Å². The summed E-state index contributed by atoms with van der Waals surface area (Å²) in [6.07, 6.45) is 4.55. The highest BCUT2D eigenvalue weighted by Gasteiger charge is 2.19. The molecular weight excluding hydrogens is 258 g/mol. The first-order valence-corrected chi connectivity index (χ1v) is 8.68. The second-order valence-electron chi connectivity index (χ2n) is 7.05. The van der Waals surface area contributed by atoms with Crippen molar-refractivity contribution in [3.05, 3.63) is 17.0 Å². The van der Waals surface area contributed by atoms with Crippen LogP contribution >= 0.6 is 0 Å². The van der Waals surface area contributed by atoms with Crippen molar-refractivity contribution in [1.82, 2.24) is 15.1 Å². The molecule has 0 unspecified atom stereocenters. The van der Waals surface area contributed by atoms with E-state index in [2.05, 4.69) is 58.5 Å². The lowest BCUT2D eigenvalue weighted by Crippen LogP contribution is -2.35. The van der Waals surface area contributed by atoms with Crippen LogP contribution in [-0.4, -0.2) is 15.3 Å². The van der Waals surface area contributed by atoms with Gasteiger partial charge >= 0.3 is 0 Å². The molecule has 3 nitrogen and oxygen atoms in total. The molecule has 0 aliphatic carbocycles. The molecule has 0 aliphatic heterocycles. The minimum Gasteiger partial charge on any atom is -0.308 e. The molecule has 1 heterocycles. The van der Waals surface area contributed by atoms with Crippen LogP contribution in [0.3, 0.4) is 0 Å². The quantitative estimate of drug-likeness (QED) is 0.773. The van der Waals surface area contributed by atoms with Gasteiger partial charge in [-0.2, -0.15) is 5.10 Å². The maximum absolute atomic E-state index is 4.91. The fourth-order valence-corrected chi connectivity index (χ4v) is 2.77. The second kappa shape index (κ2) is 7.98. The summed E-state index contributed by atoms with van der Waals surface area (Å²) in [7, 11) is 0. The first kappa shape index (κ1) is 18.2. The van der Waals surface area contributed by atoms with Crippen LogP contribution in [0.2, 0.25) is 0 Å². The van der Waals surface area contributed by atoms with Gasteiger partial charge in [-0.3, -0.25) is 4.68 Å². The monoisotopic (exact) mass is 293 g/mol. The summed E-state index contributed by atoms with van der Waals surface area (Å²) in [4.78, 5) is 0. The smallest absolute Gasteiger partial charge is 0.0669 e. The standard InChI is InChI=1S/C18H35N3/c1-8-14(9-2)13-21-17(11-4)15(16(10-3)20-21)12-19-18(5,6)7/h14,19H,8-13H2,1-7H3. The van der Waals surface area contributed by atoms with Gasteiger partial charge in [0.1, 0.15) is 0 Å². The summed E-state index contributed by atoms with van der Waals surface area (Å²) in [5.74, 6) is 0.739. The van der Waals surface area contributed by atoms with Crippen LogP contribution in [0.1, 0.15) is 78.3 Å². The molecule has 21 heavy (non-hydrogen) atoms. The molecule has 0 saturated carbocycles. The molecule has 0 aliphatic rings. The van der Waals surface area contributed by atoms with Gasteiger partial charge < -0.3 is 5.32 Å². The molecule has 0 radical (unpaired) electrons. The Kier molecular flexibility index (Phi) is 6.92. The van der Waals surface area contributed by atoms with E-state index in [0.717, 1.165) is 31.8 Å². The Morgan fingerprint density at radius 3 is 2.10 bits per heavy atom. The van der Waals surface area contributed by atoms with Crippen molar-refractivity contribution in [3.8, 4) is 0 Å². The van der Waals surface area contributed by atoms with Crippen molar-refractivity contribution in [1.29, 1.82) is 0 Å². The summed E-state index contributed by atoms with van der Waals surface area (Å²) in [6.45, 7) is 17.7. The van der Waals surface area contributed by atoms with Crippen molar-refractivity contribution < 1.29 is 0 Å². The average Bonchev–Trinajstić information content (AvgIpc) is 2.78. The minimum atomic E-state index is 0.146. The van der Waals surface area contributed by atoms with Crippen molar-refractivity contribution in [2.45, 2.75) is 92.8 Å². The third kappa shape index (κ3) is 5.14. The number of aromatic nitrogens is 2. The molecule has 1 aromatic heterocycles. The van der Waals surface area contributed by atoms with Gasteiger partial charge in [0.25, 0.3) is 0 Å². The topological polar surface area (TPSA) is 29.9 Å². The molecule has 122 valence electrons. The molecule has 0 atom stereocenters. The molecule has 0 saturated heterocycles. The van der Waals surface area contributed by atoms with E-state index in [9.17, 15) is 0 Å². The highest BCUT2D eigenvalue weighted by Crippen LogP contribution is 2.20. The molecule has 1 aromatic rings. The fourth-order valence-electron chi connectivity index (χ4n) is 2.77. The van der Waals surface area contributed by atoms with Gasteiger partial charge in [0, 0.05) is 29.9 Å². The number of hydrogen-bond donors (Lipinski definition) is 1. The molecular formula is C18H35N3. The third-order valence-electron chi connectivity index (χ3n) is 4.30. The predicted octanol–water partition coefficient (Wildman–Crippen LogP) is 4.33. The molecule has 0 bridgehead atoms. The average molecular weight is 293 g/mol. The molecule has 0 amide bonds. The molecule has 3 heteroatoms. The zero-order chi connectivity index (χ0) is 16.0. The van der Waals surface area contributed by atoms with Crippen molar-refractivity contribution >= 4 is 0 Å². The van der Waals surface area contributed by atoms with Crippen LogP contribution in [0.5, 0.6) is 0 Å². The van der Waals surface area contributed by atoms with E-state index in [0.29, 0.717) is 0 Å². The largest absolute Gasteiger partial charge is 0.308 e. The van der Waals surface area contributed by atoms with Crippen LogP contribution in [0, 0.1) is 5.92 Å². The Labute approximate surface area is 131 Å². The summed E-state index contributed by atoms with van der Waals surface area (Å²) in [5, 5.41) is 8.54. The van der Waals surface area contributed by atoms with E-state index in [1.807, 2.05) is 0 Å². The number of hydrogen-bond acceptors (Lipinski definition) is 2. The first-order valence-electron chi connectivity index (χ1n) is 8.68. The fraction of sp³-hybridized carbons (Fsp3) is 0.833. The lowest BCUT2D eigenvalue weighted by Gasteiger charge is -2.21. The first-order chi connectivity index (χ1) is 9.86. The van der Waals surface area contributed by atoms with Gasteiger partial charge in [-0.1, -0.05) is 40.5 Å². The normalized spacial score (nSPS) is 12.4. The van der Waals surface area contributed by atoms with Crippen LogP contribution in [0.25, 0.3) is 0 Å². The number of aryl methyl sites for hydroxylation is 1. The van der Waals surface area contributed by atoms with Gasteiger partial charge in [0.2, 0.25) is 0 Å². The van der Waals surface area contributed by atoms with Crippen molar-refractivity contribution in [2.75, 3.05) is 0 Å². The summed E-state index contributed by atoms with van der Waals surface area (Å²) in [5.41, 5.74) is 4.28. The summed E-state index contributed by atoms with van der Waals surface area (Å²) in [6, 6.07) is 0. The molecule has 0 fully saturated rings. The Balaban J connectivity index is 3.03. The van der Waals surface area contributed by atoms with Crippen LogP contribution < -0.4 is 5.32 Å². The lowest BCUT2D eigenvalue weighted by molar-refractivity contribution is 0.386. The maximum atomic E-state index is 4.91. The Morgan fingerprint density at radius 2 is 1.67 bits per heavy atom. The highest BCUT2D eigenvalue weighted by molar-refractivity contribution is 5.27. The van der Waals surface area contributed by atoms with Crippen molar-refractivity contribution in [2.24, 2.45) is 5.92 Å². The van der Waals surface area contributed by atoms with E-state index < -0.39 is 0 Å². The van der Waals surface area contributed by atoms with E-state index >= 15 is 0 Å². The lowest BCUT2D eigenvalue weighted by atomic mass is 10.0. The molecule has 1 rings (SSSR count). The van der Waals surface area contributed by atoms with Crippen LogP contribution in [-0.2, 0) is 25.9 Å². The predicted molar refractivity (Wildman–Crippen MR) is 91.6 cm³/mol. The Bertz CT molecular complexity index is 422. The third-order valence-corrected chi connectivity index (χ3v) is 4.30. The van der Waals surface area contributed by atoms with Gasteiger partial charge in [0.05, 0.1) is 5.69 Å². The maximum Gasteiger partial charge on any atom is 0.0669 e. The van der Waals surface area contributed by atoms with E-state index in [-0.39, 0.29) is 5.54 Å². The zero-order valence-corrected chi connectivity index (χ0v) is 15.2. The Hall–Kier alpha value is -0.830. The number of nitrogens with zero attached hydrogens (tertiary/aromatic N) is 2.